The molecule has 1 aromatic heterocycles. The van der Waals surface area contributed by atoms with Crippen LogP contribution >= 0.6 is 23.2 Å². The van der Waals surface area contributed by atoms with E-state index >= 15 is 0 Å². The van der Waals surface area contributed by atoms with Gasteiger partial charge in [0.1, 0.15) is 5.15 Å². The van der Waals surface area contributed by atoms with E-state index in [4.69, 9.17) is 32.7 Å². The molecule has 134 valence electrons. The Kier molecular flexibility index (Phi) is 7.34. The zero-order valence-electron chi connectivity index (χ0n) is 14.1. The minimum absolute atomic E-state index is 0.158. The number of pyridine rings is 1. The second kappa shape index (κ2) is 9.49. The van der Waals surface area contributed by atoms with Crippen LogP contribution in [0, 0.1) is 0 Å². The molecule has 1 N–H and O–H groups in total. The Morgan fingerprint density at radius 3 is 2.40 bits per heavy atom. The van der Waals surface area contributed by atoms with Gasteiger partial charge in [-0.1, -0.05) is 37.0 Å². The van der Waals surface area contributed by atoms with Gasteiger partial charge in [-0.25, -0.2) is 4.98 Å². The SMILES string of the molecule is CCCOc1ccc(NC(=O)c2cnc(Cl)c(Cl)c2)cc1OCCC. The summed E-state index contributed by atoms with van der Waals surface area (Å²) in [6, 6.07) is 6.75. The largest absolute Gasteiger partial charge is 0.490 e. The first-order valence-corrected chi connectivity index (χ1v) is 8.82. The quantitative estimate of drug-likeness (QED) is 0.635. The zero-order valence-corrected chi connectivity index (χ0v) is 15.7. The lowest BCUT2D eigenvalue weighted by atomic mass is 10.2. The van der Waals surface area contributed by atoms with E-state index in [1.807, 2.05) is 13.8 Å². The minimum atomic E-state index is -0.338. The van der Waals surface area contributed by atoms with Gasteiger partial charge in [-0.2, -0.15) is 0 Å². The van der Waals surface area contributed by atoms with Gasteiger partial charge in [-0.3, -0.25) is 4.79 Å². The molecule has 0 saturated heterocycles. The zero-order chi connectivity index (χ0) is 18.2. The fourth-order valence-corrected chi connectivity index (χ4v) is 2.26. The highest BCUT2D eigenvalue weighted by molar-refractivity contribution is 6.41. The van der Waals surface area contributed by atoms with Crippen molar-refractivity contribution in [3.63, 3.8) is 0 Å². The molecule has 7 heteroatoms. The molecule has 25 heavy (non-hydrogen) atoms. The number of benzene rings is 1. The van der Waals surface area contributed by atoms with Gasteiger partial charge in [0.15, 0.2) is 11.5 Å². The van der Waals surface area contributed by atoms with Crippen LogP contribution in [0.4, 0.5) is 5.69 Å². The van der Waals surface area contributed by atoms with Crippen molar-refractivity contribution in [1.82, 2.24) is 4.98 Å². The molecule has 0 aliphatic carbocycles. The van der Waals surface area contributed by atoms with E-state index in [0.29, 0.717) is 36.0 Å². The number of ether oxygens (including phenoxy) is 2. The van der Waals surface area contributed by atoms with Gasteiger partial charge < -0.3 is 14.8 Å². The van der Waals surface area contributed by atoms with Crippen LogP contribution in [0.1, 0.15) is 37.0 Å². The maximum absolute atomic E-state index is 12.3. The molecule has 0 fully saturated rings. The van der Waals surface area contributed by atoms with Crippen LogP contribution < -0.4 is 14.8 Å². The number of nitrogens with zero attached hydrogens (tertiary/aromatic N) is 1. The molecule has 1 amide bonds. The molecule has 0 atom stereocenters. The molecule has 2 aromatic rings. The summed E-state index contributed by atoms with van der Waals surface area (Å²) in [5, 5.41) is 3.17. The maximum Gasteiger partial charge on any atom is 0.257 e. The highest BCUT2D eigenvalue weighted by atomic mass is 35.5. The molecule has 0 unspecified atom stereocenters. The Hall–Kier alpha value is -1.98. The second-order valence-electron chi connectivity index (χ2n) is 5.31. The Balaban J connectivity index is 2.17. The van der Waals surface area contributed by atoms with Gasteiger partial charge in [0, 0.05) is 18.0 Å². The first kappa shape index (κ1) is 19.3. The van der Waals surface area contributed by atoms with Crippen LogP contribution in [0.5, 0.6) is 11.5 Å². The molecule has 0 radical (unpaired) electrons. The smallest absolute Gasteiger partial charge is 0.257 e. The number of amides is 1. The molecule has 0 aliphatic heterocycles. The Morgan fingerprint density at radius 1 is 1.08 bits per heavy atom. The maximum atomic E-state index is 12.3. The van der Waals surface area contributed by atoms with Gasteiger partial charge in [-0.15, -0.1) is 0 Å². The Bertz CT molecular complexity index is 738. The fraction of sp³-hybridized carbons (Fsp3) is 0.333. The van der Waals surface area contributed by atoms with E-state index in [2.05, 4.69) is 10.3 Å². The lowest BCUT2D eigenvalue weighted by molar-refractivity contribution is 0.102. The van der Waals surface area contributed by atoms with Crippen LogP contribution in [-0.4, -0.2) is 24.1 Å². The van der Waals surface area contributed by atoms with E-state index in [9.17, 15) is 4.79 Å². The average molecular weight is 383 g/mol. The summed E-state index contributed by atoms with van der Waals surface area (Å²) < 4.78 is 11.4. The number of carbonyl (C=O) groups excluding carboxylic acids is 1. The minimum Gasteiger partial charge on any atom is -0.490 e. The van der Waals surface area contributed by atoms with Crippen molar-refractivity contribution < 1.29 is 14.3 Å². The summed E-state index contributed by atoms with van der Waals surface area (Å²) in [6.45, 7) is 5.22. The summed E-state index contributed by atoms with van der Waals surface area (Å²) in [6.07, 6.45) is 3.14. The number of aromatic nitrogens is 1. The van der Waals surface area contributed by atoms with Crippen LogP contribution in [0.2, 0.25) is 10.2 Å². The van der Waals surface area contributed by atoms with Gasteiger partial charge >= 0.3 is 0 Å². The normalized spacial score (nSPS) is 10.4. The van der Waals surface area contributed by atoms with E-state index in [-0.39, 0.29) is 16.1 Å². The predicted molar refractivity (Wildman–Crippen MR) is 100 cm³/mol. The summed E-state index contributed by atoms with van der Waals surface area (Å²) in [5.74, 6) is 0.916. The van der Waals surface area contributed by atoms with Crippen molar-refractivity contribution in [2.75, 3.05) is 18.5 Å². The van der Waals surface area contributed by atoms with Crippen LogP contribution in [0.25, 0.3) is 0 Å². The Morgan fingerprint density at radius 2 is 1.76 bits per heavy atom. The highest BCUT2D eigenvalue weighted by Crippen LogP contribution is 2.31. The molecule has 5 nitrogen and oxygen atoms in total. The lowest BCUT2D eigenvalue weighted by Gasteiger charge is -2.14. The number of hydrogen-bond donors (Lipinski definition) is 1. The summed E-state index contributed by atoms with van der Waals surface area (Å²) in [5.41, 5.74) is 0.905. The van der Waals surface area contributed by atoms with Crippen molar-refractivity contribution in [2.24, 2.45) is 0 Å². The van der Waals surface area contributed by atoms with E-state index in [1.54, 1.807) is 18.2 Å². The number of nitrogens with one attached hydrogen (secondary N) is 1. The van der Waals surface area contributed by atoms with Crippen LogP contribution in [0.3, 0.4) is 0 Å². The summed E-state index contributed by atoms with van der Waals surface area (Å²) in [7, 11) is 0. The standard InChI is InChI=1S/C18H20Cl2N2O3/c1-3-7-24-15-6-5-13(10-16(15)25-8-4-2)22-18(23)12-9-14(19)17(20)21-11-12/h5-6,9-11H,3-4,7-8H2,1-2H3,(H,22,23). The molecule has 1 heterocycles. The molecule has 1 aromatic carbocycles. The second-order valence-corrected chi connectivity index (χ2v) is 6.07. The molecular weight excluding hydrogens is 363 g/mol. The summed E-state index contributed by atoms with van der Waals surface area (Å²) in [4.78, 5) is 16.2. The van der Waals surface area contributed by atoms with Crippen molar-refractivity contribution in [2.45, 2.75) is 26.7 Å². The first-order chi connectivity index (χ1) is 12.0. The average Bonchev–Trinajstić information content (AvgIpc) is 2.61. The topological polar surface area (TPSA) is 60.5 Å². The molecule has 2 rings (SSSR count). The molecule has 0 bridgehead atoms. The third kappa shape index (κ3) is 5.51. The highest BCUT2D eigenvalue weighted by Gasteiger charge is 2.12. The third-order valence-electron chi connectivity index (χ3n) is 3.18. The van der Waals surface area contributed by atoms with Crippen LogP contribution in [0.15, 0.2) is 30.5 Å². The first-order valence-electron chi connectivity index (χ1n) is 8.07. The number of anilines is 1. The molecular formula is C18H20Cl2N2O3. The summed E-state index contributed by atoms with van der Waals surface area (Å²) >= 11 is 11.7. The van der Waals surface area contributed by atoms with Gasteiger partial charge in [0.05, 0.1) is 23.8 Å². The number of carbonyl (C=O) groups is 1. The molecule has 0 spiro atoms. The van der Waals surface area contributed by atoms with E-state index in [0.717, 1.165) is 12.8 Å². The van der Waals surface area contributed by atoms with Crippen molar-refractivity contribution >= 4 is 34.8 Å². The molecule has 0 saturated carbocycles. The monoisotopic (exact) mass is 382 g/mol. The van der Waals surface area contributed by atoms with E-state index < -0.39 is 0 Å². The third-order valence-corrected chi connectivity index (χ3v) is 3.87. The number of hydrogen-bond acceptors (Lipinski definition) is 4. The predicted octanol–water partition coefficient (Wildman–Crippen LogP) is 5.22. The van der Waals surface area contributed by atoms with Crippen molar-refractivity contribution in [1.29, 1.82) is 0 Å². The van der Waals surface area contributed by atoms with Crippen molar-refractivity contribution in [3.8, 4) is 11.5 Å². The van der Waals surface area contributed by atoms with Gasteiger partial charge in [-0.05, 0) is 31.0 Å². The molecule has 0 aliphatic rings. The van der Waals surface area contributed by atoms with Crippen molar-refractivity contribution in [3.05, 3.63) is 46.2 Å². The van der Waals surface area contributed by atoms with Crippen LogP contribution in [-0.2, 0) is 0 Å². The number of halogens is 2. The Labute approximate surface area is 157 Å². The number of rotatable bonds is 8. The fourth-order valence-electron chi connectivity index (χ4n) is 1.99. The lowest BCUT2D eigenvalue weighted by Crippen LogP contribution is -2.12. The van der Waals surface area contributed by atoms with Gasteiger partial charge in [0.25, 0.3) is 5.91 Å². The van der Waals surface area contributed by atoms with Gasteiger partial charge in [0.2, 0.25) is 0 Å². The van der Waals surface area contributed by atoms with E-state index in [1.165, 1.54) is 12.3 Å².